The molecule has 3 aromatic rings. The second-order valence-electron chi connectivity index (χ2n) is 7.00. The minimum atomic E-state index is -5.08. The molecule has 2 aromatic heterocycles. The number of aromatic nitrogens is 4. The lowest BCUT2D eigenvalue weighted by Crippen LogP contribution is -2.44. The van der Waals surface area contributed by atoms with Gasteiger partial charge in [0.25, 0.3) is 5.56 Å². The fourth-order valence-electron chi connectivity index (χ4n) is 3.28. The summed E-state index contributed by atoms with van der Waals surface area (Å²) in [5.41, 5.74) is 0.974. The Bertz CT molecular complexity index is 1240. The highest BCUT2D eigenvalue weighted by molar-refractivity contribution is 5.77. The molecule has 2 N–H and O–H groups in total. The topological polar surface area (TPSA) is 114 Å². The third-order valence-corrected chi connectivity index (χ3v) is 4.90. The molecule has 0 atom stereocenters. The fraction of sp³-hybridized carbons (Fsp3) is 0.400. The number of carboxylic acids is 1. The van der Waals surface area contributed by atoms with Gasteiger partial charge in [-0.15, -0.1) is 0 Å². The Morgan fingerprint density at radius 2 is 1.61 bits per heavy atom. The van der Waals surface area contributed by atoms with Crippen LogP contribution in [0.2, 0.25) is 0 Å². The number of rotatable bonds is 2. The van der Waals surface area contributed by atoms with Gasteiger partial charge in [0.05, 0.1) is 0 Å². The zero-order valence-corrected chi connectivity index (χ0v) is 17.3. The number of hydrogen-bond donors (Lipinski definition) is 2. The molecule has 0 amide bonds. The number of piperazine rings is 1. The Balaban J connectivity index is 0.000000423. The quantitative estimate of drug-likeness (QED) is 0.577. The van der Waals surface area contributed by atoms with Crippen molar-refractivity contribution in [1.82, 2.24) is 24.0 Å². The monoisotopic (exact) mass is 470 g/mol. The number of aliphatic carboxylic acids is 1. The van der Waals surface area contributed by atoms with E-state index >= 15 is 0 Å². The molecule has 0 saturated carbocycles. The van der Waals surface area contributed by atoms with Crippen LogP contribution in [0.25, 0.3) is 16.9 Å². The third-order valence-electron chi connectivity index (χ3n) is 4.90. The first kappa shape index (κ1) is 25.6. The second-order valence-corrected chi connectivity index (χ2v) is 7.00. The number of fused-ring (bicyclic) bond motifs is 1. The molecular weight excluding hydrogens is 445 g/mol. The molecule has 13 heteroatoms. The average Bonchev–Trinajstić information content (AvgIpc) is 3.18. The maximum atomic E-state index is 12.8. The van der Waals surface area contributed by atoms with E-state index in [2.05, 4.69) is 15.2 Å². The summed E-state index contributed by atoms with van der Waals surface area (Å²) in [4.78, 5) is 40.9. The summed E-state index contributed by atoms with van der Waals surface area (Å²) in [6.07, 6.45) is -5.08. The van der Waals surface area contributed by atoms with Crippen LogP contribution in [-0.2, 0) is 18.9 Å². The van der Waals surface area contributed by atoms with Crippen LogP contribution in [0.5, 0.6) is 0 Å². The molecule has 1 aromatic carbocycles. The maximum Gasteiger partial charge on any atom is 0.490 e. The highest BCUT2D eigenvalue weighted by Gasteiger charge is 2.38. The Hall–Kier alpha value is -3.61. The maximum absolute atomic E-state index is 12.8. The number of benzene rings is 1. The molecule has 0 unspecified atom stereocenters. The number of para-hydroxylation sites is 1. The van der Waals surface area contributed by atoms with E-state index in [1.165, 1.54) is 11.6 Å². The molecule has 0 aliphatic carbocycles. The van der Waals surface area contributed by atoms with Crippen LogP contribution in [0.4, 0.5) is 19.1 Å². The number of imidazole rings is 1. The molecule has 33 heavy (non-hydrogen) atoms. The van der Waals surface area contributed by atoms with Crippen molar-refractivity contribution in [2.45, 2.75) is 13.6 Å². The van der Waals surface area contributed by atoms with Gasteiger partial charge in [-0.05, 0) is 12.1 Å². The van der Waals surface area contributed by atoms with Crippen LogP contribution in [0.3, 0.4) is 0 Å². The molecule has 0 spiro atoms. The summed E-state index contributed by atoms with van der Waals surface area (Å²) in [6.45, 7) is 3.30. The second kappa shape index (κ2) is 9.90. The van der Waals surface area contributed by atoms with Crippen LogP contribution in [0, 0.1) is 0 Å². The van der Waals surface area contributed by atoms with Crippen LogP contribution in [-0.4, -0.2) is 62.1 Å². The molecule has 10 nitrogen and oxygen atoms in total. The van der Waals surface area contributed by atoms with E-state index < -0.39 is 12.1 Å². The van der Waals surface area contributed by atoms with Gasteiger partial charge >= 0.3 is 17.8 Å². The van der Waals surface area contributed by atoms with Gasteiger partial charge in [0, 0.05) is 46.0 Å². The molecule has 1 fully saturated rings. The standard InChI is InChI=1S/C17H20N6O2.C2HF3O2.CH4/c1-20-14-13(15(24)21(2)17(20)25)23(12-6-4-3-5-7-12)16(19-14)22-10-8-18-9-11-22;3-2(4,5)1(6)7;/h3-7,18H,8-11H2,1-2H3;(H,6,7);1H4. The van der Waals surface area contributed by atoms with E-state index in [4.69, 9.17) is 9.90 Å². The zero-order chi connectivity index (χ0) is 23.6. The van der Waals surface area contributed by atoms with Gasteiger partial charge < -0.3 is 15.3 Å². The predicted molar refractivity (Wildman–Crippen MR) is 117 cm³/mol. The Labute approximate surface area is 186 Å². The van der Waals surface area contributed by atoms with E-state index in [0.29, 0.717) is 17.1 Å². The van der Waals surface area contributed by atoms with Crippen molar-refractivity contribution >= 4 is 23.1 Å². The van der Waals surface area contributed by atoms with Gasteiger partial charge in [0.2, 0.25) is 5.95 Å². The number of alkyl halides is 3. The van der Waals surface area contributed by atoms with Gasteiger partial charge in [-0.3, -0.25) is 18.5 Å². The third kappa shape index (κ3) is 5.08. The smallest absolute Gasteiger partial charge is 0.475 e. The number of carbonyl (C=O) groups is 1. The summed E-state index contributed by atoms with van der Waals surface area (Å²) in [6, 6.07) is 9.67. The summed E-state index contributed by atoms with van der Waals surface area (Å²) in [5.74, 6) is -2.06. The Kier molecular flexibility index (Phi) is 7.69. The van der Waals surface area contributed by atoms with Crippen LogP contribution in [0.1, 0.15) is 7.43 Å². The summed E-state index contributed by atoms with van der Waals surface area (Å²) >= 11 is 0. The lowest BCUT2D eigenvalue weighted by Gasteiger charge is -2.28. The predicted octanol–water partition coefficient (Wildman–Crippen LogP) is 1.10. The SMILES string of the molecule is C.Cn1c(=O)c2c(nc(N3CCNCC3)n2-c2ccccc2)n(C)c1=O.O=C(O)C(F)(F)F. The highest BCUT2D eigenvalue weighted by Crippen LogP contribution is 2.24. The van der Waals surface area contributed by atoms with Crippen molar-refractivity contribution in [3.05, 3.63) is 51.2 Å². The van der Waals surface area contributed by atoms with E-state index in [1.54, 1.807) is 7.05 Å². The normalized spacial score (nSPS) is 13.8. The molecule has 3 heterocycles. The van der Waals surface area contributed by atoms with Crippen LogP contribution in [0.15, 0.2) is 39.9 Å². The molecule has 1 aliphatic rings. The van der Waals surface area contributed by atoms with E-state index in [0.717, 1.165) is 36.4 Å². The zero-order valence-electron chi connectivity index (χ0n) is 17.3. The molecule has 0 bridgehead atoms. The molecule has 180 valence electrons. The number of carboxylic acid groups (broad SMARTS) is 1. The number of hydrogen-bond acceptors (Lipinski definition) is 6. The number of halogens is 3. The van der Waals surface area contributed by atoms with Crippen LogP contribution >= 0.6 is 0 Å². The number of anilines is 1. The molecule has 4 rings (SSSR count). The van der Waals surface area contributed by atoms with Crippen molar-refractivity contribution in [2.24, 2.45) is 14.1 Å². The van der Waals surface area contributed by atoms with Crippen molar-refractivity contribution in [3.63, 3.8) is 0 Å². The van der Waals surface area contributed by atoms with Gasteiger partial charge in [0.1, 0.15) is 0 Å². The number of nitrogens with one attached hydrogen (secondary N) is 1. The fourth-order valence-corrected chi connectivity index (χ4v) is 3.28. The van der Waals surface area contributed by atoms with Gasteiger partial charge in [-0.2, -0.15) is 18.2 Å². The number of aryl methyl sites for hydroxylation is 1. The van der Waals surface area contributed by atoms with Gasteiger partial charge in [-0.25, -0.2) is 9.59 Å². The molecular formula is C20H25F3N6O4. The van der Waals surface area contributed by atoms with Gasteiger partial charge in [-0.1, -0.05) is 25.6 Å². The minimum Gasteiger partial charge on any atom is -0.475 e. The number of nitrogens with zero attached hydrogens (tertiary/aromatic N) is 5. The highest BCUT2D eigenvalue weighted by atomic mass is 19.4. The lowest BCUT2D eigenvalue weighted by molar-refractivity contribution is -0.192. The molecule has 0 radical (unpaired) electrons. The first-order chi connectivity index (χ1) is 15.0. The van der Waals surface area contributed by atoms with Crippen molar-refractivity contribution < 1.29 is 23.1 Å². The van der Waals surface area contributed by atoms with Crippen LogP contribution < -0.4 is 21.5 Å². The van der Waals surface area contributed by atoms with E-state index in [9.17, 15) is 22.8 Å². The minimum absolute atomic E-state index is 0. The first-order valence-electron chi connectivity index (χ1n) is 9.53. The first-order valence-corrected chi connectivity index (χ1v) is 9.53. The van der Waals surface area contributed by atoms with E-state index in [1.807, 2.05) is 34.9 Å². The summed E-state index contributed by atoms with van der Waals surface area (Å²) in [7, 11) is 3.14. The van der Waals surface area contributed by atoms with Crippen molar-refractivity contribution in [1.29, 1.82) is 0 Å². The summed E-state index contributed by atoms with van der Waals surface area (Å²) < 4.78 is 36.2. The largest absolute Gasteiger partial charge is 0.490 e. The molecule has 1 saturated heterocycles. The van der Waals surface area contributed by atoms with Crippen molar-refractivity contribution in [2.75, 3.05) is 31.1 Å². The van der Waals surface area contributed by atoms with E-state index in [-0.39, 0.29) is 18.7 Å². The molecule has 1 aliphatic heterocycles. The average molecular weight is 470 g/mol. The lowest BCUT2D eigenvalue weighted by atomic mass is 10.3. The summed E-state index contributed by atoms with van der Waals surface area (Å²) in [5, 5.41) is 10.4. The van der Waals surface area contributed by atoms with Crippen molar-refractivity contribution in [3.8, 4) is 5.69 Å². The Morgan fingerprint density at radius 3 is 2.12 bits per heavy atom. The Morgan fingerprint density at radius 1 is 1.06 bits per heavy atom. The van der Waals surface area contributed by atoms with Gasteiger partial charge in [0.15, 0.2) is 11.2 Å².